The predicted octanol–water partition coefficient (Wildman–Crippen LogP) is 2.76. The molecule has 0 fully saturated rings. The first-order chi connectivity index (χ1) is 12.0. The number of anilines is 1. The van der Waals surface area contributed by atoms with Crippen molar-refractivity contribution < 1.29 is 9.53 Å². The smallest absolute Gasteiger partial charge is 0.338 e. The Hall–Kier alpha value is -3.66. The van der Waals surface area contributed by atoms with E-state index in [2.05, 4.69) is 10.5 Å². The number of rotatable bonds is 6. The Morgan fingerprint density at radius 2 is 1.76 bits per heavy atom. The Bertz CT molecular complexity index is 833. The minimum atomic E-state index is -0.395. The summed E-state index contributed by atoms with van der Waals surface area (Å²) < 4.78 is 4.95. The molecule has 0 aliphatic heterocycles. The number of carbonyl (C=O) groups excluding carboxylic acids is 1. The van der Waals surface area contributed by atoms with E-state index in [1.54, 1.807) is 37.3 Å². The Kier molecular flexibility index (Phi) is 5.85. The summed E-state index contributed by atoms with van der Waals surface area (Å²) in [6.45, 7) is 2.11. The first kappa shape index (κ1) is 17.7. The number of nitrogens with one attached hydrogen (secondary N) is 2. The molecule has 0 radical (unpaired) electrons. The van der Waals surface area contributed by atoms with Crippen LogP contribution in [0, 0.1) is 16.7 Å². The van der Waals surface area contributed by atoms with E-state index in [4.69, 9.17) is 21.1 Å². The maximum absolute atomic E-state index is 11.6. The molecule has 0 unspecified atom stereocenters. The van der Waals surface area contributed by atoms with E-state index < -0.39 is 5.84 Å². The lowest BCUT2D eigenvalue weighted by molar-refractivity contribution is 0.0526. The quantitative estimate of drug-likeness (QED) is 0.324. The molecular weight excluding hydrogens is 318 g/mol. The molecule has 0 saturated carbocycles. The normalized spacial score (nSPS) is 10.6. The van der Waals surface area contributed by atoms with Gasteiger partial charge >= 0.3 is 5.97 Å². The van der Waals surface area contributed by atoms with Gasteiger partial charge in [-0.05, 0) is 42.3 Å². The van der Waals surface area contributed by atoms with Crippen LogP contribution in [0.1, 0.15) is 17.3 Å². The third-order valence-electron chi connectivity index (χ3n) is 3.27. The fraction of sp³-hybridized carbons (Fsp3) is 0.111. The zero-order valence-electron chi connectivity index (χ0n) is 13.6. The Morgan fingerprint density at radius 3 is 2.24 bits per heavy atom. The molecule has 0 atom stereocenters. The lowest BCUT2D eigenvalue weighted by Gasteiger charge is -2.06. The summed E-state index contributed by atoms with van der Waals surface area (Å²) in [5, 5.41) is 19.7. The zero-order valence-corrected chi connectivity index (χ0v) is 13.6. The molecule has 0 aliphatic rings. The van der Waals surface area contributed by atoms with Crippen molar-refractivity contribution in [3.63, 3.8) is 0 Å². The van der Waals surface area contributed by atoms with E-state index >= 15 is 0 Å². The van der Waals surface area contributed by atoms with E-state index in [0.29, 0.717) is 17.9 Å². The molecule has 0 bridgehead atoms. The zero-order chi connectivity index (χ0) is 18.2. The maximum atomic E-state index is 11.6. The van der Waals surface area contributed by atoms with Crippen molar-refractivity contribution in [3.05, 3.63) is 54.1 Å². The number of esters is 1. The molecule has 2 aromatic rings. The summed E-state index contributed by atoms with van der Waals surface area (Å²) in [6.07, 6.45) is 0. The van der Waals surface area contributed by atoms with Crippen molar-refractivity contribution in [2.45, 2.75) is 6.92 Å². The number of nitriles is 1. The standard InChI is InChI=1S/C18H17N5O2/c1-2-25-18(24)14-5-3-12(4-6-14)13-7-9-15(10-8-13)22-23-16(11-19)17(20)21/h3-10,22H,2H2,1H3,(H3,20,21)/b23-16+. The molecule has 0 aliphatic carbocycles. The monoisotopic (exact) mass is 335 g/mol. The van der Waals surface area contributed by atoms with Crippen LogP contribution >= 0.6 is 0 Å². The number of benzene rings is 2. The minimum absolute atomic E-state index is 0.182. The second kappa shape index (κ2) is 8.26. The van der Waals surface area contributed by atoms with Crippen molar-refractivity contribution in [3.8, 4) is 17.2 Å². The van der Waals surface area contributed by atoms with Crippen LogP contribution in [0.3, 0.4) is 0 Å². The highest BCUT2D eigenvalue weighted by molar-refractivity contribution is 6.45. The highest BCUT2D eigenvalue weighted by Crippen LogP contribution is 2.22. The Morgan fingerprint density at radius 1 is 1.20 bits per heavy atom. The van der Waals surface area contributed by atoms with Crippen molar-refractivity contribution >= 4 is 23.2 Å². The third kappa shape index (κ3) is 4.65. The summed E-state index contributed by atoms with van der Waals surface area (Å²) in [5.41, 5.74) is 10.8. The van der Waals surface area contributed by atoms with Crippen LogP contribution in [-0.4, -0.2) is 24.1 Å². The van der Waals surface area contributed by atoms with Gasteiger partial charge in [0.2, 0.25) is 5.71 Å². The van der Waals surface area contributed by atoms with Gasteiger partial charge in [-0.2, -0.15) is 10.4 Å². The number of ether oxygens (including phenoxy) is 1. The van der Waals surface area contributed by atoms with Crippen LogP contribution in [0.15, 0.2) is 53.6 Å². The second-order valence-electron chi connectivity index (χ2n) is 4.97. The van der Waals surface area contributed by atoms with E-state index in [1.165, 1.54) is 0 Å². The first-order valence-corrected chi connectivity index (χ1v) is 7.51. The molecule has 0 spiro atoms. The number of hydrazone groups is 1. The van der Waals surface area contributed by atoms with Gasteiger partial charge in [0, 0.05) is 0 Å². The van der Waals surface area contributed by atoms with Crippen molar-refractivity contribution in [1.29, 1.82) is 10.7 Å². The number of hydrogen-bond acceptors (Lipinski definition) is 6. The van der Waals surface area contributed by atoms with Gasteiger partial charge in [-0.25, -0.2) is 4.79 Å². The van der Waals surface area contributed by atoms with Gasteiger partial charge in [-0.15, -0.1) is 0 Å². The second-order valence-corrected chi connectivity index (χ2v) is 4.97. The van der Waals surface area contributed by atoms with Gasteiger partial charge in [0.05, 0.1) is 17.9 Å². The van der Waals surface area contributed by atoms with Crippen molar-refractivity contribution in [2.24, 2.45) is 10.8 Å². The van der Waals surface area contributed by atoms with Crippen LogP contribution in [0.25, 0.3) is 11.1 Å². The van der Waals surface area contributed by atoms with Gasteiger partial charge in [0.15, 0.2) is 5.84 Å². The number of nitrogens with zero attached hydrogens (tertiary/aromatic N) is 2. The number of nitrogens with two attached hydrogens (primary N) is 1. The fourth-order valence-corrected chi connectivity index (χ4v) is 2.02. The molecule has 0 amide bonds. The SMILES string of the molecule is CCOC(=O)c1ccc(-c2ccc(N/N=C(\C#N)C(=N)N)cc2)cc1. The van der Waals surface area contributed by atoms with Gasteiger partial charge in [-0.1, -0.05) is 24.3 Å². The number of hydrogen-bond donors (Lipinski definition) is 3. The first-order valence-electron chi connectivity index (χ1n) is 7.51. The molecule has 2 aromatic carbocycles. The summed E-state index contributed by atoms with van der Waals surface area (Å²) in [6, 6.07) is 16.2. The number of amidine groups is 1. The van der Waals surface area contributed by atoms with Gasteiger partial charge < -0.3 is 10.5 Å². The van der Waals surface area contributed by atoms with Gasteiger partial charge in [0.1, 0.15) is 6.07 Å². The largest absolute Gasteiger partial charge is 0.462 e. The highest BCUT2D eigenvalue weighted by atomic mass is 16.5. The molecule has 0 saturated heterocycles. The lowest BCUT2D eigenvalue weighted by Crippen LogP contribution is -2.21. The highest BCUT2D eigenvalue weighted by Gasteiger charge is 2.06. The van der Waals surface area contributed by atoms with Crippen LogP contribution in [-0.2, 0) is 4.74 Å². The average molecular weight is 335 g/mol. The van der Waals surface area contributed by atoms with Crippen LogP contribution < -0.4 is 11.2 Å². The third-order valence-corrected chi connectivity index (χ3v) is 3.27. The number of carbonyl (C=O) groups is 1. The van der Waals surface area contributed by atoms with E-state index in [9.17, 15) is 4.79 Å². The molecule has 0 heterocycles. The Balaban J connectivity index is 2.11. The molecule has 4 N–H and O–H groups in total. The topological polar surface area (TPSA) is 124 Å². The van der Waals surface area contributed by atoms with Gasteiger partial charge in [0.25, 0.3) is 0 Å². The molecule has 25 heavy (non-hydrogen) atoms. The fourth-order valence-electron chi connectivity index (χ4n) is 2.02. The van der Waals surface area contributed by atoms with Crippen molar-refractivity contribution in [1.82, 2.24) is 0 Å². The van der Waals surface area contributed by atoms with E-state index in [1.807, 2.05) is 24.3 Å². The van der Waals surface area contributed by atoms with Crippen LogP contribution in [0.2, 0.25) is 0 Å². The summed E-state index contributed by atoms with van der Waals surface area (Å²) in [5.74, 6) is -0.737. The molecule has 7 heteroatoms. The summed E-state index contributed by atoms with van der Waals surface area (Å²) >= 11 is 0. The maximum Gasteiger partial charge on any atom is 0.338 e. The predicted molar refractivity (Wildman–Crippen MR) is 96.4 cm³/mol. The van der Waals surface area contributed by atoms with Crippen LogP contribution in [0.5, 0.6) is 0 Å². The van der Waals surface area contributed by atoms with Gasteiger partial charge in [-0.3, -0.25) is 10.8 Å². The minimum Gasteiger partial charge on any atom is -0.462 e. The average Bonchev–Trinajstić information content (AvgIpc) is 2.63. The summed E-state index contributed by atoms with van der Waals surface area (Å²) in [7, 11) is 0. The lowest BCUT2D eigenvalue weighted by atomic mass is 10.0. The van der Waals surface area contributed by atoms with E-state index in [0.717, 1.165) is 11.1 Å². The molecular formula is C18H17N5O2. The summed E-state index contributed by atoms with van der Waals surface area (Å²) in [4.78, 5) is 11.6. The molecule has 7 nitrogen and oxygen atoms in total. The van der Waals surface area contributed by atoms with Crippen LogP contribution in [0.4, 0.5) is 5.69 Å². The molecule has 2 rings (SSSR count). The van der Waals surface area contributed by atoms with E-state index in [-0.39, 0.29) is 11.7 Å². The Labute approximate surface area is 145 Å². The molecule has 126 valence electrons. The van der Waals surface area contributed by atoms with Crippen molar-refractivity contribution in [2.75, 3.05) is 12.0 Å². The molecule has 0 aromatic heterocycles.